The SMILES string of the molecule is CCC(C)NC(N)=NCCc1c(C)cccc1C. The summed E-state index contributed by atoms with van der Waals surface area (Å²) in [4.78, 5) is 4.37. The van der Waals surface area contributed by atoms with Gasteiger partial charge in [0, 0.05) is 12.6 Å². The first-order valence-electron chi connectivity index (χ1n) is 6.66. The summed E-state index contributed by atoms with van der Waals surface area (Å²) in [5.41, 5.74) is 9.88. The molecule has 0 aliphatic heterocycles. The zero-order valence-electron chi connectivity index (χ0n) is 12.0. The number of guanidine groups is 1. The van der Waals surface area contributed by atoms with E-state index >= 15 is 0 Å². The molecule has 1 atom stereocenters. The van der Waals surface area contributed by atoms with Gasteiger partial charge in [-0.25, -0.2) is 0 Å². The molecule has 0 amide bonds. The van der Waals surface area contributed by atoms with Crippen LogP contribution >= 0.6 is 0 Å². The molecule has 0 aliphatic carbocycles. The van der Waals surface area contributed by atoms with Gasteiger partial charge >= 0.3 is 0 Å². The average Bonchev–Trinajstić information content (AvgIpc) is 2.32. The maximum atomic E-state index is 5.83. The van der Waals surface area contributed by atoms with Gasteiger partial charge in [-0.15, -0.1) is 0 Å². The molecule has 1 unspecified atom stereocenters. The van der Waals surface area contributed by atoms with Crippen LogP contribution in [0.15, 0.2) is 23.2 Å². The van der Waals surface area contributed by atoms with Crippen LogP contribution in [0.2, 0.25) is 0 Å². The molecule has 0 bridgehead atoms. The number of nitrogens with two attached hydrogens (primary N) is 1. The third kappa shape index (κ3) is 4.40. The minimum Gasteiger partial charge on any atom is -0.370 e. The molecule has 0 saturated heterocycles. The first-order chi connectivity index (χ1) is 8.54. The monoisotopic (exact) mass is 247 g/mol. The topological polar surface area (TPSA) is 50.4 Å². The van der Waals surface area contributed by atoms with Gasteiger partial charge in [0.25, 0.3) is 0 Å². The van der Waals surface area contributed by atoms with Crippen LogP contribution in [0.5, 0.6) is 0 Å². The van der Waals surface area contributed by atoms with Crippen LogP contribution in [-0.4, -0.2) is 18.5 Å². The minimum atomic E-state index is 0.383. The fraction of sp³-hybridized carbons (Fsp3) is 0.533. The first-order valence-corrected chi connectivity index (χ1v) is 6.66. The van der Waals surface area contributed by atoms with Gasteiger partial charge in [-0.1, -0.05) is 25.1 Å². The van der Waals surface area contributed by atoms with E-state index in [1.807, 2.05) is 0 Å². The molecule has 0 heterocycles. The molecule has 0 saturated carbocycles. The van der Waals surface area contributed by atoms with Crippen LogP contribution in [0.1, 0.15) is 37.0 Å². The Kier molecular flexibility index (Phi) is 5.69. The van der Waals surface area contributed by atoms with Crippen LogP contribution < -0.4 is 11.1 Å². The highest BCUT2D eigenvalue weighted by Gasteiger charge is 2.02. The summed E-state index contributed by atoms with van der Waals surface area (Å²) >= 11 is 0. The summed E-state index contributed by atoms with van der Waals surface area (Å²) in [6.45, 7) is 9.26. The lowest BCUT2D eigenvalue weighted by molar-refractivity contribution is 0.636. The molecule has 18 heavy (non-hydrogen) atoms. The Morgan fingerprint density at radius 1 is 1.33 bits per heavy atom. The maximum Gasteiger partial charge on any atom is 0.188 e. The average molecular weight is 247 g/mol. The molecule has 0 spiro atoms. The summed E-state index contributed by atoms with van der Waals surface area (Å²) in [6.07, 6.45) is 1.99. The Labute approximate surface area is 111 Å². The zero-order chi connectivity index (χ0) is 13.5. The van der Waals surface area contributed by atoms with E-state index in [1.54, 1.807) is 0 Å². The predicted octanol–water partition coefficient (Wildman–Crippen LogP) is 2.55. The molecule has 3 nitrogen and oxygen atoms in total. The lowest BCUT2D eigenvalue weighted by Crippen LogP contribution is -2.38. The van der Waals surface area contributed by atoms with Gasteiger partial charge in [0.15, 0.2) is 5.96 Å². The number of aryl methyl sites for hydroxylation is 2. The van der Waals surface area contributed by atoms with E-state index in [2.05, 4.69) is 56.2 Å². The van der Waals surface area contributed by atoms with Gasteiger partial charge in [0.05, 0.1) is 0 Å². The van der Waals surface area contributed by atoms with E-state index in [9.17, 15) is 0 Å². The van der Waals surface area contributed by atoms with Crippen molar-refractivity contribution in [1.82, 2.24) is 5.32 Å². The number of rotatable bonds is 5. The summed E-state index contributed by atoms with van der Waals surface area (Å²) in [6, 6.07) is 6.77. The second-order valence-corrected chi connectivity index (χ2v) is 4.84. The Morgan fingerprint density at radius 2 is 1.94 bits per heavy atom. The molecule has 1 aromatic carbocycles. The number of nitrogens with zero attached hydrogens (tertiary/aromatic N) is 1. The molecule has 3 heteroatoms. The van der Waals surface area contributed by atoms with E-state index in [4.69, 9.17) is 5.73 Å². The van der Waals surface area contributed by atoms with E-state index in [1.165, 1.54) is 16.7 Å². The second-order valence-electron chi connectivity index (χ2n) is 4.84. The van der Waals surface area contributed by atoms with E-state index < -0.39 is 0 Å². The number of nitrogens with one attached hydrogen (secondary N) is 1. The number of hydrogen-bond acceptors (Lipinski definition) is 1. The van der Waals surface area contributed by atoms with Crippen molar-refractivity contribution in [2.75, 3.05) is 6.54 Å². The molecule has 0 fully saturated rings. The van der Waals surface area contributed by atoms with Crippen molar-refractivity contribution in [2.24, 2.45) is 10.7 Å². The van der Waals surface area contributed by atoms with Crippen molar-refractivity contribution in [3.05, 3.63) is 34.9 Å². The maximum absolute atomic E-state index is 5.83. The molecule has 0 aliphatic rings. The predicted molar refractivity (Wildman–Crippen MR) is 79.0 cm³/mol. The largest absolute Gasteiger partial charge is 0.370 e. The summed E-state index contributed by atoms with van der Waals surface area (Å²) in [5, 5.41) is 3.17. The van der Waals surface area contributed by atoms with Gasteiger partial charge < -0.3 is 11.1 Å². The zero-order valence-corrected chi connectivity index (χ0v) is 12.0. The van der Waals surface area contributed by atoms with E-state index in [-0.39, 0.29) is 0 Å². The molecule has 0 aromatic heterocycles. The highest BCUT2D eigenvalue weighted by Crippen LogP contribution is 2.13. The van der Waals surface area contributed by atoms with Gasteiger partial charge in [0.2, 0.25) is 0 Å². The van der Waals surface area contributed by atoms with E-state index in [0.717, 1.165) is 19.4 Å². The van der Waals surface area contributed by atoms with Crippen molar-refractivity contribution in [3.8, 4) is 0 Å². The highest BCUT2D eigenvalue weighted by molar-refractivity contribution is 5.78. The molecule has 100 valence electrons. The van der Waals surface area contributed by atoms with Crippen LogP contribution in [0.25, 0.3) is 0 Å². The van der Waals surface area contributed by atoms with Crippen molar-refractivity contribution in [3.63, 3.8) is 0 Å². The molecule has 1 aromatic rings. The highest BCUT2D eigenvalue weighted by atomic mass is 15.1. The second kappa shape index (κ2) is 7.04. The summed E-state index contributed by atoms with van der Waals surface area (Å²) < 4.78 is 0. The number of benzene rings is 1. The van der Waals surface area contributed by atoms with Gasteiger partial charge in [0.1, 0.15) is 0 Å². The normalized spacial score (nSPS) is 13.4. The summed E-state index contributed by atoms with van der Waals surface area (Å²) in [7, 11) is 0. The van der Waals surface area contributed by atoms with Crippen LogP contribution in [0.3, 0.4) is 0 Å². The fourth-order valence-corrected chi connectivity index (χ4v) is 1.93. The third-order valence-corrected chi connectivity index (χ3v) is 3.30. The minimum absolute atomic E-state index is 0.383. The fourth-order valence-electron chi connectivity index (χ4n) is 1.93. The van der Waals surface area contributed by atoms with Crippen molar-refractivity contribution in [2.45, 2.75) is 46.6 Å². The van der Waals surface area contributed by atoms with E-state index in [0.29, 0.717) is 12.0 Å². The first kappa shape index (κ1) is 14.6. The third-order valence-electron chi connectivity index (χ3n) is 3.30. The van der Waals surface area contributed by atoms with Gasteiger partial charge in [-0.05, 0) is 50.3 Å². The smallest absolute Gasteiger partial charge is 0.188 e. The Bertz CT molecular complexity index is 390. The standard InChI is InChI=1S/C15H25N3/c1-5-13(4)18-15(16)17-10-9-14-11(2)7-6-8-12(14)3/h6-8,13H,5,9-10H2,1-4H3,(H3,16,17,18). The molecular weight excluding hydrogens is 222 g/mol. The number of hydrogen-bond donors (Lipinski definition) is 2. The lowest BCUT2D eigenvalue weighted by Gasteiger charge is -2.12. The Hall–Kier alpha value is -1.51. The van der Waals surface area contributed by atoms with Crippen LogP contribution in [0.4, 0.5) is 0 Å². The molecule has 3 N–H and O–H groups in total. The Morgan fingerprint density at radius 3 is 2.50 bits per heavy atom. The van der Waals surface area contributed by atoms with Gasteiger partial charge in [-0.2, -0.15) is 0 Å². The van der Waals surface area contributed by atoms with Crippen molar-refractivity contribution in [1.29, 1.82) is 0 Å². The van der Waals surface area contributed by atoms with Gasteiger partial charge in [-0.3, -0.25) is 4.99 Å². The lowest BCUT2D eigenvalue weighted by atomic mass is 10.0. The molecule has 1 rings (SSSR count). The molecular formula is C15H25N3. The molecule has 0 radical (unpaired) electrons. The van der Waals surface area contributed by atoms with Crippen LogP contribution in [0, 0.1) is 13.8 Å². The quantitative estimate of drug-likeness (QED) is 0.620. The Balaban J connectivity index is 2.53. The summed E-state index contributed by atoms with van der Waals surface area (Å²) in [5.74, 6) is 0.551. The number of aliphatic imine (C=N–C) groups is 1. The van der Waals surface area contributed by atoms with Crippen LogP contribution in [-0.2, 0) is 6.42 Å². The van der Waals surface area contributed by atoms with Crippen molar-refractivity contribution < 1.29 is 0 Å². The van der Waals surface area contributed by atoms with Crippen molar-refractivity contribution >= 4 is 5.96 Å².